The van der Waals surface area contributed by atoms with E-state index in [1.165, 1.54) is 32.6 Å². The van der Waals surface area contributed by atoms with Gasteiger partial charge in [0.15, 0.2) is 12.2 Å². The van der Waals surface area contributed by atoms with Crippen molar-refractivity contribution < 1.29 is 33.3 Å². The van der Waals surface area contributed by atoms with Crippen molar-refractivity contribution in [3.63, 3.8) is 0 Å². The number of rotatable bonds is 6. The maximum absolute atomic E-state index is 12.1. The molecule has 0 N–H and O–H groups in total. The highest BCUT2D eigenvalue weighted by molar-refractivity contribution is 5.68. The van der Waals surface area contributed by atoms with Gasteiger partial charge in [-0.1, -0.05) is 29.4 Å². The predicted octanol–water partition coefficient (Wildman–Crippen LogP) is 4.93. The van der Waals surface area contributed by atoms with Crippen molar-refractivity contribution in [2.24, 2.45) is 11.8 Å². The molecule has 0 aromatic heterocycles. The van der Waals surface area contributed by atoms with Crippen LogP contribution in [0.5, 0.6) is 0 Å². The average molecular weight is 461 g/mol. The summed E-state index contributed by atoms with van der Waals surface area (Å²) in [6.45, 7) is 14.1. The van der Waals surface area contributed by atoms with E-state index in [4.69, 9.17) is 18.9 Å². The number of fused-ring (bicyclic) bond motifs is 1. The number of hydrogen-bond donors (Lipinski definition) is 0. The largest absolute Gasteiger partial charge is 0.462 e. The van der Waals surface area contributed by atoms with Gasteiger partial charge in [-0.05, 0) is 52.5 Å². The topological polar surface area (TPSA) is 88.1 Å². The fourth-order valence-electron chi connectivity index (χ4n) is 4.44. The first-order valence-corrected chi connectivity index (χ1v) is 11.3. The highest BCUT2D eigenvalue weighted by atomic mass is 16.7. The molecule has 1 heterocycles. The molecule has 0 aromatic carbocycles. The van der Waals surface area contributed by atoms with Gasteiger partial charge in [-0.2, -0.15) is 0 Å². The number of carbonyl (C=O) groups excluding carboxylic acids is 3. The number of carbonyl (C=O) groups is 3. The van der Waals surface area contributed by atoms with Gasteiger partial charge in [0.2, 0.25) is 6.29 Å². The third-order valence-corrected chi connectivity index (χ3v) is 5.77. The fourth-order valence-corrected chi connectivity index (χ4v) is 4.44. The van der Waals surface area contributed by atoms with Crippen LogP contribution < -0.4 is 0 Å². The molecule has 1 aliphatic carbocycles. The van der Waals surface area contributed by atoms with E-state index in [2.05, 4.69) is 19.6 Å². The number of hydrogen-bond acceptors (Lipinski definition) is 7. The van der Waals surface area contributed by atoms with E-state index in [1.807, 2.05) is 13.8 Å². The molecule has 7 heteroatoms. The molecule has 0 saturated heterocycles. The number of esters is 3. The number of allylic oxidation sites excluding steroid dienone is 3. The zero-order valence-electron chi connectivity index (χ0n) is 20.5. The van der Waals surface area contributed by atoms with Crippen LogP contribution >= 0.6 is 0 Å². The predicted molar refractivity (Wildman–Crippen MR) is 124 cm³/mol. The molecule has 0 spiro atoms. The molecule has 0 unspecified atom stereocenters. The molecule has 7 nitrogen and oxygen atoms in total. The van der Waals surface area contributed by atoms with Crippen LogP contribution in [0.15, 0.2) is 47.3 Å². The Morgan fingerprint density at radius 3 is 2.30 bits per heavy atom. The van der Waals surface area contributed by atoms with E-state index in [-0.39, 0.29) is 11.8 Å². The lowest BCUT2D eigenvalue weighted by atomic mass is 9.74. The molecule has 1 aliphatic heterocycles. The molecule has 0 bridgehead atoms. The van der Waals surface area contributed by atoms with Crippen molar-refractivity contribution in [2.45, 2.75) is 85.7 Å². The lowest BCUT2D eigenvalue weighted by Gasteiger charge is -2.41. The second-order valence-corrected chi connectivity index (χ2v) is 9.00. The first-order valence-electron chi connectivity index (χ1n) is 11.3. The SMILES string of the molecule is C=C1CC/C=C(\C)CC[C@@H]2C([C@@H](OC(C)=O)[C@@H](C=C(C)C)OC(C)=O)=CO[C@H](OC(C)=O)[C@@H]12. The molecular formula is C26H36O7. The van der Waals surface area contributed by atoms with Crippen molar-refractivity contribution in [1.82, 2.24) is 0 Å². The summed E-state index contributed by atoms with van der Waals surface area (Å²) in [5.41, 5.74) is 3.74. The molecule has 0 saturated carbocycles. The smallest absolute Gasteiger partial charge is 0.305 e. The molecular weight excluding hydrogens is 424 g/mol. The minimum absolute atomic E-state index is 0.190. The second kappa shape index (κ2) is 11.9. The van der Waals surface area contributed by atoms with Crippen LogP contribution in [0.1, 0.15) is 67.2 Å². The first-order chi connectivity index (χ1) is 15.5. The third kappa shape index (κ3) is 7.62. The van der Waals surface area contributed by atoms with Crippen LogP contribution in [0.4, 0.5) is 0 Å². The quantitative estimate of drug-likeness (QED) is 0.315. The summed E-state index contributed by atoms with van der Waals surface area (Å²) >= 11 is 0. The standard InChI is InChI=1S/C26H36O7/c1-15(2)13-23(31-18(5)27)25(32-19(6)28)22-14-30-26(33-20(7)29)24-17(4)10-8-9-16(3)11-12-21(22)24/h9,13-14,21,23-26H,4,8,10-12H2,1-3,5-7H3/b16-9+/t21-,23-,24+,25-,26-/m1/s1. The summed E-state index contributed by atoms with van der Waals surface area (Å²) < 4.78 is 22.7. The molecule has 182 valence electrons. The Morgan fingerprint density at radius 2 is 1.73 bits per heavy atom. The lowest BCUT2D eigenvalue weighted by molar-refractivity contribution is -0.182. The van der Waals surface area contributed by atoms with Crippen molar-refractivity contribution in [3.05, 3.63) is 47.3 Å². The Labute approximate surface area is 196 Å². The maximum Gasteiger partial charge on any atom is 0.305 e. The van der Waals surface area contributed by atoms with Crippen molar-refractivity contribution in [1.29, 1.82) is 0 Å². The number of ether oxygens (including phenoxy) is 4. The van der Waals surface area contributed by atoms with Gasteiger partial charge in [0.1, 0.15) is 0 Å². The first kappa shape index (κ1) is 26.4. The van der Waals surface area contributed by atoms with Gasteiger partial charge in [0, 0.05) is 32.3 Å². The van der Waals surface area contributed by atoms with Gasteiger partial charge in [-0.15, -0.1) is 0 Å². The minimum Gasteiger partial charge on any atom is -0.462 e. The second-order valence-electron chi connectivity index (χ2n) is 9.00. The van der Waals surface area contributed by atoms with Gasteiger partial charge in [0.25, 0.3) is 0 Å². The monoisotopic (exact) mass is 460 g/mol. The summed E-state index contributed by atoms with van der Waals surface area (Å²) in [5.74, 6) is -1.95. The average Bonchev–Trinajstić information content (AvgIpc) is 2.75. The van der Waals surface area contributed by atoms with Crippen molar-refractivity contribution in [2.75, 3.05) is 0 Å². The Bertz CT molecular complexity index is 860. The zero-order chi connectivity index (χ0) is 24.7. The van der Waals surface area contributed by atoms with Gasteiger partial charge in [-0.25, -0.2) is 0 Å². The van der Waals surface area contributed by atoms with Gasteiger partial charge in [0.05, 0.1) is 12.2 Å². The molecule has 5 atom stereocenters. The van der Waals surface area contributed by atoms with Gasteiger partial charge in [-0.3, -0.25) is 14.4 Å². The third-order valence-electron chi connectivity index (χ3n) is 5.77. The summed E-state index contributed by atoms with van der Waals surface area (Å²) in [4.78, 5) is 35.8. The highest BCUT2D eigenvalue weighted by Gasteiger charge is 2.45. The molecule has 2 aliphatic rings. The van der Waals surface area contributed by atoms with Crippen LogP contribution in [0.3, 0.4) is 0 Å². The molecule has 0 radical (unpaired) electrons. The minimum atomic E-state index is -0.884. The fraction of sp³-hybridized carbons (Fsp3) is 0.577. The summed E-state index contributed by atoms with van der Waals surface area (Å²) in [7, 11) is 0. The van der Waals surface area contributed by atoms with Crippen LogP contribution in [0, 0.1) is 11.8 Å². The zero-order valence-corrected chi connectivity index (χ0v) is 20.5. The van der Waals surface area contributed by atoms with Crippen LogP contribution in [-0.2, 0) is 33.3 Å². The van der Waals surface area contributed by atoms with E-state index in [0.717, 1.165) is 24.0 Å². The Morgan fingerprint density at radius 1 is 1.06 bits per heavy atom. The normalized spacial score (nSPS) is 26.2. The van der Waals surface area contributed by atoms with Crippen LogP contribution in [-0.4, -0.2) is 36.4 Å². The van der Waals surface area contributed by atoms with Crippen LogP contribution in [0.2, 0.25) is 0 Å². The van der Waals surface area contributed by atoms with Gasteiger partial charge >= 0.3 is 17.9 Å². The van der Waals surface area contributed by atoms with E-state index in [0.29, 0.717) is 18.4 Å². The van der Waals surface area contributed by atoms with E-state index >= 15 is 0 Å². The summed E-state index contributed by atoms with van der Waals surface area (Å²) in [6.07, 6.45) is 6.00. The molecule has 0 amide bonds. The highest BCUT2D eigenvalue weighted by Crippen LogP contribution is 2.44. The summed E-state index contributed by atoms with van der Waals surface area (Å²) in [5, 5.41) is 0. The van der Waals surface area contributed by atoms with Crippen LogP contribution in [0.25, 0.3) is 0 Å². The Balaban J connectivity index is 2.60. The summed E-state index contributed by atoms with van der Waals surface area (Å²) in [6, 6.07) is 0. The molecule has 0 aromatic rings. The van der Waals surface area contributed by atoms with Gasteiger partial charge < -0.3 is 18.9 Å². The molecule has 2 rings (SSSR count). The molecule has 33 heavy (non-hydrogen) atoms. The van der Waals surface area contributed by atoms with E-state index in [1.54, 1.807) is 6.08 Å². The lowest BCUT2D eigenvalue weighted by Crippen LogP contribution is -2.44. The van der Waals surface area contributed by atoms with Crippen molar-refractivity contribution in [3.8, 4) is 0 Å². The maximum atomic E-state index is 12.1. The van der Waals surface area contributed by atoms with E-state index < -0.39 is 36.4 Å². The van der Waals surface area contributed by atoms with Crippen molar-refractivity contribution >= 4 is 17.9 Å². The Kier molecular flexibility index (Phi) is 9.50. The van der Waals surface area contributed by atoms with E-state index in [9.17, 15) is 14.4 Å². The Hall–Kier alpha value is -2.83. The molecule has 0 fully saturated rings.